The summed E-state index contributed by atoms with van der Waals surface area (Å²) < 4.78 is 0. The van der Waals surface area contributed by atoms with Crippen LogP contribution in [0.15, 0.2) is 18.2 Å². The summed E-state index contributed by atoms with van der Waals surface area (Å²) in [6, 6.07) is 4.22. The molecule has 80 valence electrons. The van der Waals surface area contributed by atoms with E-state index >= 15 is 0 Å². The summed E-state index contributed by atoms with van der Waals surface area (Å²) in [6.07, 6.45) is 0. The van der Waals surface area contributed by atoms with E-state index < -0.39 is 11.9 Å². The number of rotatable bonds is 3. The molecule has 5 heteroatoms. The van der Waals surface area contributed by atoms with Crippen LogP contribution in [0.25, 0.3) is 0 Å². The van der Waals surface area contributed by atoms with Crippen LogP contribution < -0.4 is 5.32 Å². The van der Waals surface area contributed by atoms with Crippen LogP contribution in [0.1, 0.15) is 24.3 Å². The molecule has 1 amide bonds. The number of hydrogen-bond donors (Lipinski definition) is 1. The van der Waals surface area contributed by atoms with E-state index in [4.69, 9.17) is 11.6 Å². The summed E-state index contributed by atoms with van der Waals surface area (Å²) in [6.45, 7) is 3.03. The van der Waals surface area contributed by atoms with E-state index in [-0.39, 0.29) is 16.6 Å². The molecule has 0 aliphatic heterocycles. The van der Waals surface area contributed by atoms with E-state index in [1.807, 2.05) is 0 Å². The van der Waals surface area contributed by atoms with Gasteiger partial charge in [-0.1, -0.05) is 17.7 Å². The predicted molar refractivity (Wildman–Crippen MR) is 56.9 cm³/mol. The van der Waals surface area contributed by atoms with Crippen LogP contribution in [0.5, 0.6) is 0 Å². The van der Waals surface area contributed by atoms with Gasteiger partial charge in [0.15, 0.2) is 5.78 Å². The number of Topliss-reactive ketones (excluding diaryl/α,β-unsaturated/α-hetero) is 1. The van der Waals surface area contributed by atoms with E-state index in [0.29, 0.717) is 0 Å². The molecule has 0 saturated heterocycles. The molecule has 0 unspecified atom stereocenters. The zero-order valence-corrected chi connectivity index (χ0v) is 9.21. The Morgan fingerprint density at radius 1 is 1.47 bits per heavy atom. The molecule has 0 aliphatic rings. The third kappa shape index (κ3) is 3.32. The standard InChI is InChI=1S/C10H11ClN2O2/c1-6(7(2)14)12-10(15)8-4-3-5-9(11)13-8/h3-6H,1-2H3,(H,12,15)/t6-/m0/s1. The zero-order valence-electron chi connectivity index (χ0n) is 8.45. The van der Waals surface area contributed by atoms with Gasteiger partial charge in [0.2, 0.25) is 0 Å². The minimum atomic E-state index is -0.515. The second-order valence-corrected chi connectivity index (χ2v) is 3.54. The molecule has 0 bridgehead atoms. The molecular weight excluding hydrogens is 216 g/mol. The van der Waals surface area contributed by atoms with Gasteiger partial charge in [-0.05, 0) is 26.0 Å². The first-order valence-electron chi connectivity index (χ1n) is 4.44. The molecule has 1 aromatic heterocycles. The monoisotopic (exact) mass is 226 g/mol. The molecule has 0 aliphatic carbocycles. The Bertz CT molecular complexity index is 393. The van der Waals surface area contributed by atoms with Crippen molar-refractivity contribution in [2.75, 3.05) is 0 Å². The highest BCUT2D eigenvalue weighted by atomic mass is 35.5. The van der Waals surface area contributed by atoms with Crippen molar-refractivity contribution in [1.82, 2.24) is 10.3 Å². The minimum Gasteiger partial charge on any atom is -0.341 e. The second-order valence-electron chi connectivity index (χ2n) is 3.15. The number of ketones is 1. The van der Waals surface area contributed by atoms with Gasteiger partial charge in [0.05, 0.1) is 6.04 Å². The molecule has 0 aromatic carbocycles. The Morgan fingerprint density at radius 2 is 2.13 bits per heavy atom. The Balaban J connectivity index is 2.73. The number of hydrogen-bond acceptors (Lipinski definition) is 3. The van der Waals surface area contributed by atoms with E-state index in [2.05, 4.69) is 10.3 Å². The number of pyridine rings is 1. The first kappa shape index (κ1) is 11.7. The van der Waals surface area contributed by atoms with E-state index in [0.717, 1.165) is 0 Å². The highest BCUT2D eigenvalue weighted by Gasteiger charge is 2.13. The van der Waals surface area contributed by atoms with Crippen LogP contribution in [-0.4, -0.2) is 22.7 Å². The molecule has 15 heavy (non-hydrogen) atoms. The van der Waals surface area contributed by atoms with Crippen LogP contribution >= 0.6 is 11.6 Å². The van der Waals surface area contributed by atoms with Crippen molar-refractivity contribution in [3.05, 3.63) is 29.0 Å². The topological polar surface area (TPSA) is 59.1 Å². The van der Waals surface area contributed by atoms with Crippen molar-refractivity contribution in [2.24, 2.45) is 0 Å². The number of carbonyl (C=O) groups excluding carboxylic acids is 2. The molecule has 0 fully saturated rings. The van der Waals surface area contributed by atoms with Crippen LogP contribution in [0, 0.1) is 0 Å². The first-order valence-corrected chi connectivity index (χ1v) is 4.82. The average Bonchev–Trinajstić information content (AvgIpc) is 2.17. The van der Waals surface area contributed by atoms with Crippen LogP contribution in [0.3, 0.4) is 0 Å². The lowest BCUT2D eigenvalue weighted by atomic mass is 10.2. The zero-order chi connectivity index (χ0) is 11.4. The summed E-state index contributed by atoms with van der Waals surface area (Å²) in [5.41, 5.74) is 0.204. The van der Waals surface area contributed by atoms with E-state index in [1.54, 1.807) is 19.1 Å². The largest absolute Gasteiger partial charge is 0.341 e. The van der Waals surface area contributed by atoms with Gasteiger partial charge in [-0.2, -0.15) is 0 Å². The van der Waals surface area contributed by atoms with Crippen LogP contribution in [0.2, 0.25) is 5.15 Å². The van der Waals surface area contributed by atoms with E-state index in [1.165, 1.54) is 13.0 Å². The lowest BCUT2D eigenvalue weighted by molar-refractivity contribution is -0.118. The van der Waals surface area contributed by atoms with Crippen molar-refractivity contribution in [2.45, 2.75) is 19.9 Å². The number of halogens is 1. The molecule has 1 atom stereocenters. The molecule has 4 nitrogen and oxygen atoms in total. The fourth-order valence-electron chi connectivity index (χ4n) is 0.907. The molecule has 0 radical (unpaired) electrons. The Kier molecular flexibility index (Phi) is 3.80. The van der Waals surface area contributed by atoms with Gasteiger partial charge >= 0.3 is 0 Å². The quantitative estimate of drug-likeness (QED) is 0.794. The van der Waals surface area contributed by atoms with Gasteiger partial charge in [-0.3, -0.25) is 9.59 Å². The van der Waals surface area contributed by atoms with Crippen molar-refractivity contribution in [1.29, 1.82) is 0 Å². The van der Waals surface area contributed by atoms with Crippen LogP contribution in [-0.2, 0) is 4.79 Å². The molecule has 1 N–H and O–H groups in total. The fourth-order valence-corrected chi connectivity index (χ4v) is 1.07. The molecule has 1 heterocycles. The maximum atomic E-state index is 11.5. The average molecular weight is 227 g/mol. The normalized spacial score (nSPS) is 11.9. The maximum Gasteiger partial charge on any atom is 0.270 e. The Labute approximate surface area is 92.7 Å². The van der Waals surface area contributed by atoms with Gasteiger partial charge in [0.1, 0.15) is 10.8 Å². The molecule has 1 rings (SSSR count). The summed E-state index contributed by atoms with van der Waals surface area (Å²) in [4.78, 5) is 26.3. The minimum absolute atomic E-state index is 0.106. The van der Waals surface area contributed by atoms with Crippen molar-refractivity contribution in [3.63, 3.8) is 0 Å². The van der Waals surface area contributed by atoms with Crippen LogP contribution in [0.4, 0.5) is 0 Å². The smallest absolute Gasteiger partial charge is 0.270 e. The van der Waals surface area contributed by atoms with Gasteiger partial charge in [0.25, 0.3) is 5.91 Å². The fraction of sp³-hybridized carbons (Fsp3) is 0.300. The van der Waals surface area contributed by atoms with Crippen molar-refractivity contribution in [3.8, 4) is 0 Å². The molecule has 0 saturated carbocycles. The molecule has 1 aromatic rings. The molecule has 0 spiro atoms. The number of carbonyl (C=O) groups is 2. The number of amides is 1. The van der Waals surface area contributed by atoms with Gasteiger partial charge in [-0.15, -0.1) is 0 Å². The summed E-state index contributed by atoms with van der Waals surface area (Å²) in [5.74, 6) is -0.509. The second kappa shape index (κ2) is 4.89. The van der Waals surface area contributed by atoms with Crippen molar-refractivity contribution < 1.29 is 9.59 Å². The van der Waals surface area contributed by atoms with Gasteiger partial charge in [-0.25, -0.2) is 4.98 Å². The number of nitrogens with zero attached hydrogens (tertiary/aromatic N) is 1. The Hall–Kier alpha value is -1.42. The summed E-state index contributed by atoms with van der Waals surface area (Å²) in [7, 11) is 0. The maximum absolute atomic E-state index is 11.5. The SMILES string of the molecule is CC(=O)[C@H](C)NC(=O)c1cccc(Cl)n1. The summed E-state index contributed by atoms with van der Waals surface area (Å²) in [5, 5.41) is 2.76. The highest BCUT2D eigenvalue weighted by Crippen LogP contribution is 2.05. The highest BCUT2D eigenvalue weighted by molar-refractivity contribution is 6.29. The first-order chi connectivity index (χ1) is 7.00. The molecular formula is C10H11ClN2O2. The van der Waals surface area contributed by atoms with Gasteiger partial charge in [0, 0.05) is 0 Å². The number of nitrogens with one attached hydrogen (secondary N) is 1. The number of aromatic nitrogens is 1. The lowest BCUT2D eigenvalue weighted by Crippen LogP contribution is -2.37. The van der Waals surface area contributed by atoms with Crippen molar-refractivity contribution >= 4 is 23.3 Å². The third-order valence-corrected chi connectivity index (χ3v) is 2.12. The van der Waals surface area contributed by atoms with Gasteiger partial charge < -0.3 is 5.32 Å². The Morgan fingerprint density at radius 3 is 2.67 bits per heavy atom. The summed E-state index contributed by atoms with van der Waals surface area (Å²) >= 11 is 5.63. The lowest BCUT2D eigenvalue weighted by Gasteiger charge is -2.09. The van der Waals surface area contributed by atoms with E-state index in [9.17, 15) is 9.59 Å². The third-order valence-electron chi connectivity index (χ3n) is 1.91. The predicted octanol–water partition coefficient (Wildman–Crippen LogP) is 1.44.